The van der Waals surface area contributed by atoms with Gasteiger partial charge in [-0.15, -0.1) is 11.3 Å². The van der Waals surface area contributed by atoms with Crippen molar-refractivity contribution in [2.24, 2.45) is 12.2 Å². The molecule has 1 N–H and O–H groups in total. The minimum atomic E-state index is -1.16. The first-order valence-electron chi connectivity index (χ1n) is 13.4. The van der Waals surface area contributed by atoms with Crippen molar-refractivity contribution < 1.29 is 9.94 Å². The Morgan fingerprint density at radius 1 is 1.02 bits per heavy atom. The van der Waals surface area contributed by atoms with Crippen LogP contribution in [-0.4, -0.2) is 54.7 Å². The summed E-state index contributed by atoms with van der Waals surface area (Å²) in [7, 11) is 0.665. The van der Waals surface area contributed by atoms with Crippen LogP contribution in [0.25, 0.3) is 32.2 Å². The van der Waals surface area contributed by atoms with Crippen LogP contribution in [0.1, 0.15) is 16.1 Å². The third-order valence-corrected chi connectivity index (χ3v) is 9.97. The highest BCUT2D eigenvalue weighted by atomic mass is 32.1. The topological polar surface area (TPSA) is 112 Å². The Labute approximate surface area is 241 Å². The molecule has 4 aromatic heterocycles. The number of aryl methyl sites for hydroxylation is 1. The number of oxime groups is 1. The van der Waals surface area contributed by atoms with Crippen LogP contribution in [0.15, 0.2) is 70.9 Å². The van der Waals surface area contributed by atoms with E-state index in [4.69, 9.17) is 9.72 Å². The van der Waals surface area contributed by atoms with Gasteiger partial charge in [0.2, 0.25) is 0 Å². The largest absolute Gasteiger partial charge is 0.410 e. The number of thiazole rings is 1. The van der Waals surface area contributed by atoms with Gasteiger partial charge in [0.25, 0.3) is 5.56 Å². The van der Waals surface area contributed by atoms with Crippen LogP contribution in [-0.2, 0) is 25.1 Å². The molecule has 12 heteroatoms. The SMILES string of the molecule is Cn1c2nc(/C(=N\O)c3ccccc3)sc2c2cnn(Cc3cccc4c3cnn4COCC[Si](C)(C)C)c(=O)c21. The predicted molar refractivity (Wildman–Crippen MR) is 165 cm³/mol. The molecule has 0 aliphatic carbocycles. The summed E-state index contributed by atoms with van der Waals surface area (Å²) in [5.74, 6) is 0. The highest BCUT2D eigenvalue weighted by Gasteiger charge is 2.21. The van der Waals surface area contributed by atoms with Crippen molar-refractivity contribution in [1.82, 2.24) is 29.1 Å². The van der Waals surface area contributed by atoms with Gasteiger partial charge in [-0.25, -0.2) is 14.3 Å². The second-order valence-electron chi connectivity index (χ2n) is 11.3. The maximum absolute atomic E-state index is 13.7. The Morgan fingerprint density at radius 2 is 1.78 bits per heavy atom. The molecule has 0 atom stereocenters. The van der Waals surface area contributed by atoms with Crippen LogP contribution in [0.3, 0.4) is 0 Å². The molecule has 4 heterocycles. The number of fused-ring (bicyclic) bond motifs is 4. The second-order valence-corrected chi connectivity index (χ2v) is 17.9. The van der Waals surface area contributed by atoms with Gasteiger partial charge in [-0.05, 0) is 17.7 Å². The van der Waals surface area contributed by atoms with Crippen molar-refractivity contribution in [2.45, 2.75) is 39.0 Å². The summed E-state index contributed by atoms with van der Waals surface area (Å²) in [4.78, 5) is 18.4. The number of aromatic nitrogens is 6. The van der Waals surface area contributed by atoms with Crippen LogP contribution in [0.2, 0.25) is 25.7 Å². The molecule has 0 saturated heterocycles. The van der Waals surface area contributed by atoms with Gasteiger partial charge in [0.05, 0.1) is 29.2 Å². The molecular weight excluding hydrogens is 555 g/mol. The Balaban J connectivity index is 1.30. The summed E-state index contributed by atoms with van der Waals surface area (Å²) in [5.41, 5.74) is 4.03. The second kappa shape index (κ2) is 10.7. The molecule has 41 heavy (non-hydrogen) atoms. The lowest BCUT2D eigenvalue weighted by Crippen LogP contribution is -2.24. The molecule has 0 radical (unpaired) electrons. The van der Waals surface area contributed by atoms with E-state index in [9.17, 15) is 10.0 Å². The molecule has 0 fully saturated rings. The minimum absolute atomic E-state index is 0.199. The van der Waals surface area contributed by atoms with Crippen LogP contribution in [0.4, 0.5) is 0 Å². The van der Waals surface area contributed by atoms with Crippen molar-refractivity contribution in [1.29, 1.82) is 0 Å². The molecule has 0 spiro atoms. The van der Waals surface area contributed by atoms with E-state index in [-0.39, 0.29) is 5.56 Å². The fourth-order valence-electron chi connectivity index (χ4n) is 4.92. The van der Waals surface area contributed by atoms with Gasteiger partial charge in [0, 0.05) is 38.1 Å². The van der Waals surface area contributed by atoms with E-state index >= 15 is 0 Å². The molecule has 0 saturated carbocycles. The van der Waals surface area contributed by atoms with Gasteiger partial charge in [0.15, 0.2) is 5.65 Å². The van der Waals surface area contributed by atoms with Gasteiger partial charge in [-0.3, -0.25) is 4.79 Å². The lowest BCUT2D eigenvalue weighted by Gasteiger charge is -2.15. The Bertz CT molecular complexity index is 1970. The highest BCUT2D eigenvalue weighted by molar-refractivity contribution is 7.21. The Kier molecular flexibility index (Phi) is 7.05. The number of hydrogen-bond acceptors (Lipinski definition) is 8. The maximum Gasteiger partial charge on any atom is 0.291 e. The van der Waals surface area contributed by atoms with E-state index in [1.54, 1.807) is 10.8 Å². The third kappa shape index (κ3) is 5.09. The number of hydrogen-bond donors (Lipinski definition) is 1. The molecule has 0 bridgehead atoms. The van der Waals surface area contributed by atoms with Gasteiger partial charge in [-0.1, -0.05) is 67.3 Å². The standard InChI is InChI=1S/C29H31N7O3SSi/c1-34-25-22(26-27(34)32-28(40-26)24(33-38)19-9-6-5-7-10-19)16-30-35(29(25)37)17-20-11-8-12-23-21(20)15-31-36(23)18-39-13-14-41(2,3)4/h5-12,15-16,38H,13-14,17-18H2,1-4H3/b33-24-. The van der Waals surface area contributed by atoms with Crippen LogP contribution in [0.5, 0.6) is 0 Å². The molecule has 210 valence electrons. The monoisotopic (exact) mass is 585 g/mol. The molecule has 6 rings (SSSR count). The third-order valence-electron chi connectivity index (χ3n) is 7.18. The summed E-state index contributed by atoms with van der Waals surface area (Å²) < 4.78 is 11.9. The lowest BCUT2D eigenvalue weighted by molar-refractivity contribution is 0.0817. The van der Waals surface area contributed by atoms with E-state index in [0.717, 1.165) is 44.8 Å². The van der Waals surface area contributed by atoms with E-state index < -0.39 is 8.07 Å². The number of nitrogens with zero attached hydrogens (tertiary/aromatic N) is 7. The zero-order valence-electron chi connectivity index (χ0n) is 23.4. The van der Waals surface area contributed by atoms with E-state index in [1.165, 1.54) is 16.0 Å². The zero-order valence-corrected chi connectivity index (χ0v) is 25.2. The zero-order chi connectivity index (χ0) is 28.7. The smallest absolute Gasteiger partial charge is 0.291 e. The first-order chi connectivity index (χ1) is 19.7. The number of benzene rings is 2. The van der Waals surface area contributed by atoms with E-state index in [0.29, 0.717) is 35.2 Å². The average molecular weight is 586 g/mol. The first kappa shape index (κ1) is 27.1. The van der Waals surface area contributed by atoms with Crippen LogP contribution in [0, 0.1) is 0 Å². The van der Waals surface area contributed by atoms with Gasteiger partial charge < -0.3 is 14.5 Å². The van der Waals surface area contributed by atoms with Crippen molar-refractivity contribution in [3.8, 4) is 0 Å². The predicted octanol–water partition coefficient (Wildman–Crippen LogP) is 5.28. The lowest BCUT2D eigenvalue weighted by atomic mass is 10.1. The highest BCUT2D eigenvalue weighted by Crippen LogP contribution is 2.32. The number of rotatable bonds is 9. The summed E-state index contributed by atoms with van der Waals surface area (Å²) in [5, 5.41) is 24.6. The molecule has 10 nitrogen and oxygen atoms in total. The van der Waals surface area contributed by atoms with Gasteiger partial charge in [0.1, 0.15) is 23.0 Å². The molecular formula is C29H31N7O3SSi. The van der Waals surface area contributed by atoms with E-state index in [1.807, 2.05) is 66.5 Å². The van der Waals surface area contributed by atoms with Crippen LogP contribution >= 0.6 is 11.3 Å². The minimum Gasteiger partial charge on any atom is -0.410 e. The summed E-state index contributed by atoms with van der Waals surface area (Å²) >= 11 is 1.38. The molecule has 2 aromatic carbocycles. The van der Waals surface area contributed by atoms with Crippen molar-refractivity contribution >= 4 is 57.3 Å². The summed E-state index contributed by atoms with van der Waals surface area (Å²) in [6.07, 6.45) is 3.54. The van der Waals surface area contributed by atoms with Crippen molar-refractivity contribution in [3.05, 3.63) is 87.4 Å². The average Bonchev–Trinajstić information content (AvgIpc) is 3.64. The van der Waals surface area contributed by atoms with Gasteiger partial charge in [-0.2, -0.15) is 10.2 Å². The van der Waals surface area contributed by atoms with Crippen LogP contribution < -0.4 is 5.56 Å². The normalized spacial score (nSPS) is 12.7. The fourth-order valence-corrected chi connectivity index (χ4v) is 6.79. The fraction of sp³-hybridized carbons (Fsp3) is 0.276. The quantitative estimate of drug-likeness (QED) is 0.0812. The molecule has 6 aromatic rings. The Morgan fingerprint density at radius 3 is 2.54 bits per heavy atom. The molecule has 0 amide bonds. The molecule has 0 unspecified atom stereocenters. The number of ether oxygens (including phenoxy) is 1. The van der Waals surface area contributed by atoms with Crippen molar-refractivity contribution in [3.63, 3.8) is 0 Å². The van der Waals surface area contributed by atoms with Crippen molar-refractivity contribution in [2.75, 3.05) is 6.61 Å². The summed E-state index contributed by atoms with van der Waals surface area (Å²) in [6.45, 7) is 8.42. The molecule has 0 aliphatic rings. The Hall–Kier alpha value is -4.13. The van der Waals surface area contributed by atoms with Gasteiger partial charge >= 0.3 is 0 Å². The first-order valence-corrected chi connectivity index (χ1v) is 17.9. The maximum atomic E-state index is 13.7. The molecule has 0 aliphatic heterocycles. The van der Waals surface area contributed by atoms with E-state index in [2.05, 4.69) is 35.0 Å². The summed E-state index contributed by atoms with van der Waals surface area (Å²) in [6, 6.07) is 16.5.